The van der Waals surface area contributed by atoms with Crippen molar-refractivity contribution in [1.29, 1.82) is 0 Å². The molecule has 0 aromatic heterocycles. The third-order valence-corrected chi connectivity index (χ3v) is 4.90. The van der Waals surface area contributed by atoms with Crippen LogP contribution in [0.1, 0.15) is 18.4 Å². The van der Waals surface area contributed by atoms with Gasteiger partial charge in [0.1, 0.15) is 11.9 Å². The van der Waals surface area contributed by atoms with Crippen LogP contribution in [0.5, 0.6) is 5.75 Å². The first-order valence-corrected chi connectivity index (χ1v) is 9.36. The fraction of sp³-hybridized carbons (Fsp3) is 0.611. The Hall–Kier alpha value is -1.64. The van der Waals surface area contributed by atoms with Crippen LogP contribution in [0.4, 0.5) is 8.78 Å². The third-order valence-electron chi connectivity index (χ3n) is 4.66. The lowest BCUT2D eigenvalue weighted by molar-refractivity contribution is -0.0817. The summed E-state index contributed by atoms with van der Waals surface area (Å²) < 4.78 is 41.4. The number of guanidine groups is 1. The van der Waals surface area contributed by atoms with E-state index in [4.69, 9.17) is 21.1 Å². The standard InChI is InChI=1S/C18H24ClF2N3O3/c1-22-18(24-6-8-26-16(11-24)15-3-2-7-25-15)23-10-12-9-13(19)4-5-14(12)27-17(20)21/h4-5,9,15-17H,2-3,6-8,10-11H2,1H3,(H,22,23). The molecule has 3 rings (SSSR count). The zero-order chi connectivity index (χ0) is 19.2. The number of aliphatic imine (C=N–C) groups is 1. The van der Waals surface area contributed by atoms with Crippen LogP contribution in [0.15, 0.2) is 23.2 Å². The second kappa shape index (κ2) is 9.52. The first-order valence-electron chi connectivity index (χ1n) is 8.99. The van der Waals surface area contributed by atoms with Gasteiger partial charge in [0.15, 0.2) is 5.96 Å². The Morgan fingerprint density at radius 1 is 1.37 bits per heavy atom. The van der Waals surface area contributed by atoms with Crippen molar-refractivity contribution in [2.45, 2.75) is 38.2 Å². The molecule has 0 aliphatic carbocycles. The molecule has 9 heteroatoms. The van der Waals surface area contributed by atoms with E-state index < -0.39 is 6.61 Å². The SMILES string of the molecule is CN=C(NCc1cc(Cl)ccc1OC(F)F)N1CCOC(C2CCCO2)C1. The third kappa shape index (κ3) is 5.43. The molecule has 0 bridgehead atoms. The van der Waals surface area contributed by atoms with Gasteiger partial charge in [-0.05, 0) is 31.0 Å². The zero-order valence-electron chi connectivity index (χ0n) is 15.2. The number of morpholine rings is 1. The molecule has 150 valence electrons. The summed E-state index contributed by atoms with van der Waals surface area (Å²) in [5.41, 5.74) is 0.535. The largest absolute Gasteiger partial charge is 0.434 e. The predicted molar refractivity (Wildman–Crippen MR) is 98.6 cm³/mol. The van der Waals surface area contributed by atoms with Crippen LogP contribution in [0.3, 0.4) is 0 Å². The molecule has 27 heavy (non-hydrogen) atoms. The maximum atomic E-state index is 12.6. The Labute approximate surface area is 162 Å². The van der Waals surface area contributed by atoms with E-state index in [1.807, 2.05) is 0 Å². The highest BCUT2D eigenvalue weighted by Crippen LogP contribution is 2.25. The Balaban J connectivity index is 1.63. The molecule has 2 unspecified atom stereocenters. The van der Waals surface area contributed by atoms with Gasteiger partial charge in [0.2, 0.25) is 0 Å². The number of benzene rings is 1. The van der Waals surface area contributed by atoms with Crippen LogP contribution < -0.4 is 10.1 Å². The van der Waals surface area contributed by atoms with E-state index in [2.05, 4.69) is 19.9 Å². The first kappa shape index (κ1) is 20.1. The molecular weight excluding hydrogens is 380 g/mol. The van der Waals surface area contributed by atoms with E-state index in [0.717, 1.165) is 19.4 Å². The van der Waals surface area contributed by atoms with Crippen molar-refractivity contribution in [2.24, 2.45) is 4.99 Å². The van der Waals surface area contributed by atoms with E-state index in [1.54, 1.807) is 13.1 Å². The molecule has 0 radical (unpaired) electrons. The normalized spacial score (nSPS) is 23.7. The van der Waals surface area contributed by atoms with Crippen LogP contribution in [0, 0.1) is 0 Å². The molecule has 2 heterocycles. The van der Waals surface area contributed by atoms with Gasteiger partial charge in [-0.2, -0.15) is 8.78 Å². The second-order valence-electron chi connectivity index (χ2n) is 6.44. The highest BCUT2D eigenvalue weighted by atomic mass is 35.5. The maximum absolute atomic E-state index is 12.6. The van der Waals surface area contributed by atoms with E-state index in [9.17, 15) is 8.78 Å². The van der Waals surface area contributed by atoms with Crippen molar-refractivity contribution in [3.8, 4) is 5.75 Å². The number of ether oxygens (including phenoxy) is 3. The van der Waals surface area contributed by atoms with Crippen molar-refractivity contribution in [1.82, 2.24) is 10.2 Å². The van der Waals surface area contributed by atoms with Crippen LogP contribution in [-0.2, 0) is 16.0 Å². The highest BCUT2D eigenvalue weighted by Gasteiger charge is 2.32. The van der Waals surface area contributed by atoms with Crippen LogP contribution >= 0.6 is 11.6 Å². The van der Waals surface area contributed by atoms with Crippen molar-refractivity contribution in [2.75, 3.05) is 33.4 Å². The van der Waals surface area contributed by atoms with Crippen LogP contribution in [0.2, 0.25) is 5.02 Å². The molecule has 1 aromatic rings. The summed E-state index contributed by atoms with van der Waals surface area (Å²) in [6.45, 7) is 0.0909. The lowest BCUT2D eigenvalue weighted by atomic mass is 10.1. The Morgan fingerprint density at radius 2 is 2.19 bits per heavy atom. The average molecular weight is 404 g/mol. The summed E-state index contributed by atoms with van der Waals surface area (Å²) in [6, 6.07) is 4.57. The van der Waals surface area contributed by atoms with Crippen molar-refractivity contribution in [3.05, 3.63) is 28.8 Å². The van der Waals surface area contributed by atoms with Crippen LogP contribution in [0.25, 0.3) is 0 Å². The van der Waals surface area contributed by atoms with Gasteiger partial charge >= 0.3 is 6.61 Å². The topological polar surface area (TPSA) is 55.3 Å². The van der Waals surface area contributed by atoms with Crippen molar-refractivity contribution in [3.63, 3.8) is 0 Å². The van der Waals surface area contributed by atoms with Gasteiger partial charge in [-0.3, -0.25) is 4.99 Å². The van der Waals surface area contributed by atoms with Gasteiger partial charge in [0, 0.05) is 43.9 Å². The summed E-state index contributed by atoms with van der Waals surface area (Å²) in [6.07, 6.45) is 2.18. The van der Waals surface area contributed by atoms with Crippen molar-refractivity contribution >= 4 is 17.6 Å². The molecule has 2 aliphatic heterocycles. The number of hydrogen-bond acceptors (Lipinski definition) is 4. The summed E-state index contributed by atoms with van der Waals surface area (Å²) in [5, 5.41) is 3.66. The summed E-state index contributed by atoms with van der Waals surface area (Å²) >= 11 is 6.00. The predicted octanol–water partition coefficient (Wildman–Crippen LogP) is 2.90. The summed E-state index contributed by atoms with van der Waals surface area (Å²) in [4.78, 5) is 6.41. The molecule has 1 N–H and O–H groups in total. The molecule has 0 spiro atoms. The number of hydrogen-bond donors (Lipinski definition) is 1. The molecule has 2 atom stereocenters. The first-order chi connectivity index (χ1) is 13.1. The molecular formula is C18H24ClF2N3O3. The smallest absolute Gasteiger partial charge is 0.387 e. The van der Waals surface area contributed by atoms with E-state index in [0.29, 0.717) is 36.2 Å². The minimum atomic E-state index is -2.89. The molecule has 6 nitrogen and oxygen atoms in total. The lowest BCUT2D eigenvalue weighted by Gasteiger charge is -2.37. The molecule has 0 saturated carbocycles. The minimum Gasteiger partial charge on any atom is -0.434 e. The fourth-order valence-electron chi connectivity index (χ4n) is 3.39. The maximum Gasteiger partial charge on any atom is 0.387 e. The van der Waals surface area contributed by atoms with Gasteiger partial charge in [-0.25, -0.2) is 0 Å². The molecule has 2 fully saturated rings. The quantitative estimate of drug-likeness (QED) is 0.605. The van der Waals surface area contributed by atoms with Crippen LogP contribution in [-0.4, -0.2) is 63.0 Å². The molecule has 1 aromatic carbocycles. The van der Waals surface area contributed by atoms with Gasteiger partial charge in [0.05, 0.1) is 12.7 Å². The molecule has 2 aliphatic rings. The van der Waals surface area contributed by atoms with Gasteiger partial charge in [-0.15, -0.1) is 0 Å². The Kier molecular flexibility index (Phi) is 7.09. The van der Waals surface area contributed by atoms with Gasteiger partial charge in [0.25, 0.3) is 0 Å². The Bertz CT molecular complexity index is 657. The highest BCUT2D eigenvalue weighted by molar-refractivity contribution is 6.30. The number of nitrogens with one attached hydrogen (secondary N) is 1. The lowest BCUT2D eigenvalue weighted by Crippen LogP contribution is -2.53. The van der Waals surface area contributed by atoms with E-state index in [-0.39, 0.29) is 24.5 Å². The monoisotopic (exact) mass is 403 g/mol. The number of halogens is 3. The average Bonchev–Trinajstić information content (AvgIpc) is 3.19. The van der Waals surface area contributed by atoms with E-state index in [1.165, 1.54) is 12.1 Å². The summed E-state index contributed by atoms with van der Waals surface area (Å²) in [5.74, 6) is 0.765. The van der Waals surface area contributed by atoms with Gasteiger partial charge < -0.3 is 24.4 Å². The van der Waals surface area contributed by atoms with E-state index >= 15 is 0 Å². The minimum absolute atomic E-state index is 0.00342. The van der Waals surface area contributed by atoms with Crippen molar-refractivity contribution < 1.29 is 23.0 Å². The number of alkyl halides is 2. The molecule has 0 amide bonds. The fourth-order valence-corrected chi connectivity index (χ4v) is 3.59. The summed E-state index contributed by atoms with van der Waals surface area (Å²) in [7, 11) is 1.69. The number of nitrogens with zero attached hydrogens (tertiary/aromatic N) is 2. The zero-order valence-corrected chi connectivity index (χ0v) is 15.9. The Morgan fingerprint density at radius 3 is 2.89 bits per heavy atom. The van der Waals surface area contributed by atoms with Gasteiger partial charge in [-0.1, -0.05) is 11.6 Å². The second-order valence-corrected chi connectivity index (χ2v) is 6.87. The number of rotatable bonds is 5. The molecule has 2 saturated heterocycles.